The number of nitrogens with zero attached hydrogens (tertiary/aromatic N) is 2. The lowest BCUT2D eigenvalue weighted by molar-refractivity contribution is 0.195. The van der Waals surface area contributed by atoms with Crippen molar-refractivity contribution in [3.8, 4) is 5.75 Å². The van der Waals surface area contributed by atoms with Gasteiger partial charge in [0.2, 0.25) is 0 Å². The van der Waals surface area contributed by atoms with E-state index >= 15 is 0 Å². The monoisotopic (exact) mass is 367 g/mol. The Balaban J connectivity index is 1.53. The molecule has 1 aliphatic heterocycles. The molecule has 27 heavy (non-hydrogen) atoms. The van der Waals surface area contributed by atoms with Crippen LogP contribution in [0.1, 0.15) is 60.3 Å². The van der Waals surface area contributed by atoms with Crippen LogP contribution < -0.4 is 10.3 Å². The summed E-state index contributed by atoms with van der Waals surface area (Å²) in [5.41, 5.74) is 5.14. The van der Waals surface area contributed by atoms with E-state index in [4.69, 9.17) is 4.74 Å². The Bertz CT molecular complexity index is 874. The molecule has 5 heteroatoms. The first-order chi connectivity index (χ1) is 13.1. The third-order valence-corrected chi connectivity index (χ3v) is 5.77. The number of hydrogen-bond acceptors (Lipinski definition) is 4. The van der Waals surface area contributed by atoms with Crippen molar-refractivity contribution in [2.24, 2.45) is 0 Å². The zero-order chi connectivity index (χ0) is 18.8. The topological polar surface area (TPSA) is 58.2 Å². The standard InChI is InChI=1S/C22H29N3O2/c1-3-27-21-11-17-7-4-6-16(17)10-19(21)14-25-9-5-8-18(13-25)20-12-22(26)24-15(2)23-20/h10-12,18H,3-9,13-14H2,1-2H3,(H,23,24,26)/t18-/m0/s1. The van der Waals surface area contributed by atoms with Gasteiger partial charge in [-0.2, -0.15) is 0 Å². The maximum absolute atomic E-state index is 11.8. The minimum absolute atomic E-state index is 0.0492. The van der Waals surface area contributed by atoms with Gasteiger partial charge < -0.3 is 9.72 Å². The summed E-state index contributed by atoms with van der Waals surface area (Å²) < 4.78 is 5.96. The van der Waals surface area contributed by atoms with Crippen molar-refractivity contribution in [1.29, 1.82) is 0 Å². The van der Waals surface area contributed by atoms with Crippen LogP contribution in [-0.4, -0.2) is 34.6 Å². The highest BCUT2D eigenvalue weighted by Crippen LogP contribution is 2.32. The summed E-state index contributed by atoms with van der Waals surface area (Å²) in [6, 6.07) is 6.30. The smallest absolute Gasteiger partial charge is 0.251 e. The number of H-pyrrole nitrogens is 1. The molecule has 1 atom stereocenters. The molecule has 2 aromatic rings. The number of benzene rings is 1. The fourth-order valence-corrected chi connectivity index (χ4v) is 4.56. The number of fused-ring (bicyclic) bond motifs is 1. The highest BCUT2D eigenvalue weighted by molar-refractivity contribution is 5.45. The second-order valence-electron chi connectivity index (χ2n) is 7.85. The van der Waals surface area contributed by atoms with Crippen LogP contribution in [-0.2, 0) is 19.4 Å². The largest absolute Gasteiger partial charge is 0.494 e. The lowest BCUT2D eigenvalue weighted by Gasteiger charge is -2.33. The summed E-state index contributed by atoms with van der Waals surface area (Å²) in [5.74, 6) is 2.07. The second kappa shape index (κ2) is 7.85. The van der Waals surface area contributed by atoms with E-state index in [0.29, 0.717) is 18.3 Å². The molecule has 2 aliphatic rings. The number of likely N-dealkylation sites (tertiary alicyclic amines) is 1. The molecule has 0 spiro atoms. The molecule has 2 heterocycles. The zero-order valence-electron chi connectivity index (χ0n) is 16.4. The highest BCUT2D eigenvalue weighted by Gasteiger charge is 2.24. The first kappa shape index (κ1) is 18.2. The van der Waals surface area contributed by atoms with Crippen molar-refractivity contribution >= 4 is 0 Å². The van der Waals surface area contributed by atoms with Gasteiger partial charge in [-0.1, -0.05) is 6.07 Å². The molecule has 1 aromatic carbocycles. The molecule has 1 aliphatic carbocycles. The summed E-state index contributed by atoms with van der Waals surface area (Å²) in [7, 11) is 0. The van der Waals surface area contributed by atoms with Gasteiger partial charge in [0.05, 0.1) is 12.3 Å². The van der Waals surface area contributed by atoms with E-state index in [-0.39, 0.29) is 5.56 Å². The summed E-state index contributed by atoms with van der Waals surface area (Å²) in [4.78, 5) is 21.7. The van der Waals surface area contributed by atoms with Gasteiger partial charge in [-0.3, -0.25) is 9.69 Å². The number of aryl methyl sites for hydroxylation is 3. The van der Waals surface area contributed by atoms with E-state index < -0.39 is 0 Å². The van der Waals surface area contributed by atoms with E-state index in [1.807, 2.05) is 6.92 Å². The predicted octanol–water partition coefficient (Wildman–Crippen LogP) is 3.35. The van der Waals surface area contributed by atoms with Crippen molar-refractivity contribution in [2.45, 2.75) is 58.4 Å². The van der Waals surface area contributed by atoms with Gasteiger partial charge >= 0.3 is 0 Å². The minimum atomic E-state index is -0.0492. The quantitative estimate of drug-likeness (QED) is 0.880. The summed E-state index contributed by atoms with van der Waals surface area (Å²) in [6.07, 6.45) is 5.84. The molecule has 1 fully saturated rings. The Morgan fingerprint density at radius 3 is 2.81 bits per heavy atom. The van der Waals surface area contributed by atoms with Gasteiger partial charge in [0.15, 0.2) is 0 Å². The predicted molar refractivity (Wildman–Crippen MR) is 106 cm³/mol. The molecule has 4 rings (SSSR count). The fraction of sp³-hybridized carbons (Fsp3) is 0.545. The van der Waals surface area contributed by atoms with Crippen molar-refractivity contribution < 1.29 is 4.74 Å². The molecule has 144 valence electrons. The molecule has 0 bridgehead atoms. The molecule has 1 saturated heterocycles. The number of hydrogen-bond donors (Lipinski definition) is 1. The van der Waals surface area contributed by atoms with Gasteiger partial charge in [0, 0.05) is 30.6 Å². The fourth-order valence-electron chi connectivity index (χ4n) is 4.56. The Morgan fingerprint density at radius 1 is 1.22 bits per heavy atom. The second-order valence-corrected chi connectivity index (χ2v) is 7.85. The third-order valence-electron chi connectivity index (χ3n) is 5.77. The molecule has 0 unspecified atom stereocenters. The van der Waals surface area contributed by atoms with Crippen molar-refractivity contribution in [3.63, 3.8) is 0 Å². The summed E-state index contributed by atoms with van der Waals surface area (Å²) in [6.45, 7) is 7.53. The maximum atomic E-state index is 11.8. The van der Waals surface area contributed by atoms with Crippen molar-refractivity contribution in [3.05, 3.63) is 56.8 Å². The van der Waals surface area contributed by atoms with E-state index in [1.54, 1.807) is 6.07 Å². The van der Waals surface area contributed by atoms with Gasteiger partial charge in [-0.25, -0.2) is 4.98 Å². The Kier molecular flexibility index (Phi) is 5.30. The molecule has 5 nitrogen and oxygen atoms in total. The summed E-state index contributed by atoms with van der Waals surface area (Å²) in [5, 5.41) is 0. The summed E-state index contributed by atoms with van der Waals surface area (Å²) >= 11 is 0. The number of ether oxygens (including phenoxy) is 1. The van der Waals surface area contributed by atoms with Gasteiger partial charge in [0.25, 0.3) is 5.56 Å². The molecule has 1 N–H and O–H groups in total. The molecular weight excluding hydrogens is 338 g/mol. The van der Waals surface area contributed by atoms with Crippen LogP contribution >= 0.6 is 0 Å². The normalized spacial score (nSPS) is 19.9. The van der Waals surface area contributed by atoms with Crippen LogP contribution in [0, 0.1) is 6.92 Å². The van der Waals surface area contributed by atoms with Crippen LogP contribution in [0.3, 0.4) is 0 Å². The maximum Gasteiger partial charge on any atom is 0.251 e. The molecular formula is C22H29N3O2. The number of aromatic nitrogens is 2. The minimum Gasteiger partial charge on any atom is -0.494 e. The van der Waals surface area contributed by atoms with Crippen LogP contribution in [0.25, 0.3) is 0 Å². The van der Waals surface area contributed by atoms with Crippen LogP contribution in [0.4, 0.5) is 0 Å². The highest BCUT2D eigenvalue weighted by atomic mass is 16.5. The SMILES string of the molecule is CCOc1cc2c(cc1CN1CCC[C@H](c3cc(=O)[nH]c(C)n3)C1)CCC2. The third kappa shape index (κ3) is 4.08. The van der Waals surface area contributed by atoms with Gasteiger partial charge in [0.1, 0.15) is 11.6 Å². The van der Waals surface area contributed by atoms with Gasteiger partial charge in [-0.15, -0.1) is 0 Å². The average Bonchev–Trinajstić information content (AvgIpc) is 3.09. The first-order valence-electron chi connectivity index (χ1n) is 10.2. The van der Waals surface area contributed by atoms with Crippen molar-refractivity contribution in [1.82, 2.24) is 14.9 Å². The number of aromatic amines is 1. The Labute approximate surface area is 160 Å². The zero-order valence-corrected chi connectivity index (χ0v) is 16.4. The number of nitrogens with one attached hydrogen (secondary N) is 1. The number of piperidine rings is 1. The Morgan fingerprint density at radius 2 is 2.04 bits per heavy atom. The van der Waals surface area contributed by atoms with E-state index in [1.165, 1.54) is 36.0 Å². The van der Waals surface area contributed by atoms with E-state index in [2.05, 4.69) is 33.9 Å². The van der Waals surface area contributed by atoms with E-state index in [0.717, 1.165) is 43.9 Å². The first-order valence-corrected chi connectivity index (χ1v) is 10.2. The lowest BCUT2D eigenvalue weighted by atomic mass is 9.94. The average molecular weight is 367 g/mol. The van der Waals surface area contributed by atoms with Crippen LogP contribution in [0.5, 0.6) is 5.75 Å². The van der Waals surface area contributed by atoms with Crippen LogP contribution in [0.15, 0.2) is 23.0 Å². The van der Waals surface area contributed by atoms with Gasteiger partial charge in [-0.05, 0) is 69.7 Å². The van der Waals surface area contributed by atoms with E-state index in [9.17, 15) is 4.79 Å². The molecule has 1 aromatic heterocycles. The molecule has 0 radical (unpaired) electrons. The molecule has 0 amide bonds. The lowest BCUT2D eigenvalue weighted by Crippen LogP contribution is -2.35. The molecule has 0 saturated carbocycles. The van der Waals surface area contributed by atoms with Crippen LogP contribution in [0.2, 0.25) is 0 Å². The number of rotatable bonds is 5. The Hall–Kier alpha value is -2.14. The van der Waals surface area contributed by atoms with Crippen molar-refractivity contribution in [2.75, 3.05) is 19.7 Å².